The summed E-state index contributed by atoms with van der Waals surface area (Å²) >= 11 is 0. The summed E-state index contributed by atoms with van der Waals surface area (Å²) in [6, 6.07) is -0.766. The largest absolute Gasteiger partial charge is 0.480 e. The number of carboxylic acids is 1. The van der Waals surface area contributed by atoms with Crippen molar-refractivity contribution < 1.29 is 14.7 Å². The lowest BCUT2D eigenvalue weighted by Gasteiger charge is -2.37. The number of amides is 1. The summed E-state index contributed by atoms with van der Waals surface area (Å²) in [5, 5.41) is 12.0. The molecule has 1 amide bonds. The predicted octanol–water partition coefficient (Wildman–Crippen LogP) is 5.40. The standard InChI is InChI=1S/C23H41NO3/c1-4-5-6-7-17-8-10-18(11-9-17)19-12-14-20(15-13-19)22(25)24-21(16(2)3)23(26)27/h16-21H,4-15H2,1-3H3,(H,24,25)(H,26,27)/t17?,18?,19?,20?,21-/m0/s1. The third-order valence-corrected chi connectivity index (χ3v) is 7.15. The molecule has 0 radical (unpaired) electrons. The lowest BCUT2D eigenvalue weighted by Crippen LogP contribution is -2.47. The van der Waals surface area contributed by atoms with E-state index in [0.717, 1.165) is 43.4 Å². The average molecular weight is 380 g/mol. The summed E-state index contributed by atoms with van der Waals surface area (Å²) in [6.07, 6.45) is 15.2. The van der Waals surface area contributed by atoms with Gasteiger partial charge in [-0.25, -0.2) is 4.79 Å². The Morgan fingerprint density at radius 3 is 1.96 bits per heavy atom. The van der Waals surface area contributed by atoms with Crippen molar-refractivity contribution in [1.29, 1.82) is 0 Å². The molecule has 156 valence electrons. The molecule has 2 saturated carbocycles. The summed E-state index contributed by atoms with van der Waals surface area (Å²) in [4.78, 5) is 23.8. The van der Waals surface area contributed by atoms with E-state index in [4.69, 9.17) is 0 Å². The number of carbonyl (C=O) groups excluding carboxylic acids is 1. The first-order valence-electron chi connectivity index (χ1n) is 11.5. The smallest absolute Gasteiger partial charge is 0.326 e. The first-order valence-corrected chi connectivity index (χ1v) is 11.5. The molecule has 4 nitrogen and oxygen atoms in total. The molecule has 0 heterocycles. The molecule has 0 aromatic heterocycles. The SMILES string of the molecule is CCCCCC1CCC(C2CCC(C(=O)N[C@H](C(=O)O)C(C)C)CC2)CC1. The Hall–Kier alpha value is -1.06. The maximum Gasteiger partial charge on any atom is 0.326 e. The Morgan fingerprint density at radius 2 is 1.48 bits per heavy atom. The number of carbonyl (C=O) groups is 2. The van der Waals surface area contributed by atoms with Gasteiger partial charge in [0.1, 0.15) is 6.04 Å². The second kappa shape index (κ2) is 11.1. The Morgan fingerprint density at radius 1 is 0.926 bits per heavy atom. The number of hydrogen-bond acceptors (Lipinski definition) is 2. The van der Waals surface area contributed by atoms with Gasteiger partial charge in [-0.2, -0.15) is 0 Å². The third kappa shape index (κ3) is 6.80. The van der Waals surface area contributed by atoms with E-state index in [-0.39, 0.29) is 17.7 Å². The second-order valence-electron chi connectivity index (χ2n) is 9.46. The van der Waals surface area contributed by atoms with Crippen LogP contribution in [0.5, 0.6) is 0 Å². The van der Waals surface area contributed by atoms with Crippen LogP contribution >= 0.6 is 0 Å². The van der Waals surface area contributed by atoms with Gasteiger partial charge in [0.25, 0.3) is 0 Å². The van der Waals surface area contributed by atoms with E-state index >= 15 is 0 Å². The van der Waals surface area contributed by atoms with Gasteiger partial charge in [-0.05, 0) is 62.2 Å². The molecule has 2 aliphatic rings. The van der Waals surface area contributed by atoms with Crippen LogP contribution in [0, 0.1) is 29.6 Å². The fraction of sp³-hybridized carbons (Fsp3) is 0.913. The van der Waals surface area contributed by atoms with Crippen LogP contribution in [0.3, 0.4) is 0 Å². The molecule has 0 aromatic carbocycles. The molecule has 2 aliphatic carbocycles. The molecular weight excluding hydrogens is 338 g/mol. The highest BCUT2D eigenvalue weighted by atomic mass is 16.4. The lowest BCUT2D eigenvalue weighted by molar-refractivity contribution is -0.144. The highest BCUT2D eigenvalue weighted by molar-refractivity contribution is 5.85. The highest BCUT2D eigenvalue weighted by Crippen LogP contribution is 2.42. The van der Waals surface area contributed by atoms with Gasteiger partial charge in [-0.3, -0.25) is 4.79 Å². The van der Waals surface area contributed by atoms with Crippen molar-refractivity contribution in [2.24, 2.45) is 29.6 Å². The quantitative estimate of drug-likeness (QED) is 0.527. The van der Waals surface area contributed by atoms with Crippen molar-refractivity contribution in [3.05, 3.63) is 0 Å². The predicted molar refractivity (Wildman–Crippen MR) is 109 cm³/mol. The monoisotopic (exact) mass is 379 g/mol. The number of carboxylic acid groups (broad SMARTS) is 1. The van der Waals surface area contributed by atoms with Crippen LogP contribution in [0.15, 0.2) is 0 Å². The van der Waals surface area contributed by atoms with E-state index in [1.54, 1.807) is 0 Å². The zero-order valence-electron chi connectivity index (χ0n) is 17.7. The van der Waals surface area contributed by atoms with Crippen LogP contribution in [0.2, 0.25) is 0 Å². The second-order valence-corrected chi connectivity index (χ2v) is 9.46. The van der Waals surface area contributed by atoms with Crippen molar-refractivity contribution in [3.8, 4) is 0 Å². The van der Waals surface area contributed by atoms with Crippen molar-refractivity contribution in [3.63, 3.8) is 0 Å². The fourth-order valence-electron chi connectivity index (χ4n) is 5.27. The zero-order chi connectivity index (χ0) is 19.8. The van der Waals surface area contributed by atoms with Crippen LogP contribution in [-0.2, 0) is 9.59 Å². The Bertz CT molecular complexity index is 460. The summed E-state index contributed by atoms with van der Waals surface area (Å²) in [5.74, 6) is 1.54. The van der Waals surface area contributed by atoms with Gasteiger partial charge in [0.2, 0.25) is 5.91 Å². The lowest BCUT2D eigenvalue weighted by atomic mass is 9.68. The number of nitrogens with one attached hydrogen (secondary N) is 1. The van der Waals surface area contributed by atoms with E-state index in [0.29, 0.717) is 0 Å². The summed E-state index contributed by atoms with van der Waals surface area (Å²) in [7, 11) is 0. The van der Waals surface area contributed by atoms with Crippen molar-refractivity contribution in [2.75, 3.05) is 0 Å². The molecule has 0 spiro atoms. The van der Waals surface area contributed by atoms with Crippen LogP contribution in [-0.4, -0.2) is 23.0 Å². The van der Waals surface area contributed by atoms with Gasteiger partial charge >= 0.3 is 5.97 Å². The van der Waals surface area contributed by atoms with Crippen LogP contribution in [0.1, 0.15) is 97.8 Å². The van der Waals surface area contributed by atoms with Crippen LogP contribution in [0.4, 0.5) is 0 Å². The number of rotatable bonds is 9. The third-order valence-electron chi connectivity index (χ3n) is 7.15. The van der Waals surface area contributed by atoms with Gasteiger partial charge in [0.05, 0.1) is 0 Å². The Balaban J connectivity index is 1.71. The van der Waals surface area contributed by atoms with Gasteiger partial charge < -0.3 is 10.4 Å². The highest BCUT2D eigenvalue weighted by Gasteiger charge is 2.34. The Kier molecular flexibility index (Phi) is 9.11. The molecule has 2 rings (SSSR count). The first-order chi connectivity index (χ1) is 12.9. The molecule has 0 saturated heterocycles. The van der Waals surface area contributed by atoms with Gasteiger partial charge in [0, 0.05) is 5.92 Å². The zero-order valence-corrected chi connectivity index (χ0v) is 17.7. The number of hydrogen-bond donors (Lipinski definition) is 2. The fourth-order valence-corrected chi connectivity index (χ4v) is 5.27. The number of unbranched alkanes of at least 4 members (excludes halogenated alkanes) is 2. The average Bonchev–Trinajstić information content (AvgIpc) is 2.66. The van der Waals surface area contributed by atoms with Gasteiger partial charge in [-0.1, -0.05) is 59.3 Å². The van der Waals surface area contributed by atoms with Crippen molar-refractivity contribution in [1.82, 2.24) is 5.32 Å². The molecule has 0 aromatic rings. The first kappa shape index (κ1) is 22.2. The topological polar surface area (TPSA) is 66.4 Å². The minimum atomic E-state index is -0.928. The molecule has 4 heteroatoms. The van der Waals surface area contributed by atoms with Crippen LogP contribution < -0.4 is 5.32 Å². The molecule has 0 aliphatic heterocycles. The van der Waals surface area contributed by atoms with E-state index in [9.17, 15) is 14.7 Å². The van der Waals surface area contributed by atoms with E-state index < -0.39 is 12.0 Å². The van der Waals surface area contributed by atoms with Crippen LogP contribution in [0.25, 0.3) is 0 Å². The maximum atomic E-state index is 12.5. The summed E-state index contributed by atoms with van der Waals surface area (Å²) < 4.78 is 0. The summed E-state index contributed by atoms with van der Waals surface area (Å²) in [5.41, 5.74) is 0. The molecule has 2 fully saturated rings. The van der Waals surface area contributed by atoms with Crippen molar-refractivity contribution in [2.45, 2.75) is 104 Å². The van der Waals surface area contributed by atoms with E-state index in [1.807, 2.05) is 13.8 Å². The van der Waals surface area contributed by atoms with E-state index in [1.165, 1.54) is 51.4 Å². The molecule has 1 atom stereocenters. The molecule has 27 heavy (non-hydrogen) atoms. The van der Waals surface area contributed by atoms with Gasteiger partial charge in [-0.15, -0.1) is 0 Å². The Labute approximate surface area is 165 Å². The minimum Gasteiger partial charge on any atom is -0.480 e. The molecule has 0 unspecified atom stereocenters. The van der Waals surface area contributed by atoms with Gasteiger partial charge in [0.15, 0.2) is 0 Å². The summed E-state index contributed by atoms with van der Waals surface area (Å²) in [6.45, 7) is 5.96. The maximum absolute atomic E-state index is 12.5. The van der Waals surface area contributed by atoms with Crippen molar-refractivity contribution >= 4 is 11.9 Å². The minimum absolute atomic E-state index is 0.00670. The normalized spacial score (nSPS) is 30.1. The molecule has 2 N–H and O–H groups in total. The number of aliphatic carboxylic acids is 1. The molecular formula is C23H41NO3. The van der Waals surface area contributed by atoms with E-state index in [2.05, 4.69) is 12.2 Å². The molecule has 0 bridgehead atoms.